The van der Waals surface area contributed by atoms with Gasteiger partial charge in [0.25, 0.3) is 0 Å². The van der Waals surface area contributed by atoms with Gasteiger partial charge in [-0.15, -0.1) is 0 Å². The van der Waals surface area contributed by atoms with Crippen LogP contribution >= 0.6 is 0 Å². The molecule has 0 heterocycles. The minimum absolute atomic E-state index is 0.373. The van der Waals surface area contributed by atoms with Gasteiger partial charge >= 0.3 is 0 Å². The van der Waals surface area contributed by atoms with Crippen LogP contribution < -0.4 is 0 Å². The second kappa shape index (κ2) is 7.56. The van der Waals surface area contributed by atoms with Crippen molar-refractivity contribution in [1.82, 2.24) is 0 Å². The zero-order valence-corrected chi connectivity index (χ0v) is 21.4. The molecule has 0 saturated heterocycles. The van der Waals surface area contributed by atoms with Gasteiger partial charge in [0, 0.05) is 0 Å². The van der Waals surface area contributed by atoms with Crippen LogP contribution in [0.25, 0.3) is 60.6 Å². The maximum Gasteiger partial charge on any atom is 0.0653 e. The van der Waals surface area contributed by atoms with Crippen molar-refractivity contribution in [3.8, 4) is 22.3 Å². The van der Waals surface area contributed by atoms with E-state index in [9.17, 15) is 0 Å². The third-order valence-electron chi connectivity index (χ3n) is 9.09. The maximum atomic E-state index is 2.48. The van der Waals surface area contributed by atoms with Gasteiger partial charge in [-0.1, -0.05) is 146 Å². The largest absolute Gasteiger partial charge is 0.0653 e. The van der Waals surface area contributed by atoms with Crippen LogP contribution in [0.2, 0.25) is 0 Å². The van der Waals surface area contributed by atoms with Crippen LogP contribution in [0.3, 0.4) is 0 Å². The standard InChI is InChI=1S/C39H24/c1-4-15-29-25(11-1)28-14-5-6-18-32(28)38-33(29)21-22-37-34(38)23-24-39(37)35-19-9-7-16-30(35)26-12-2-3-13-27(26)31-17-8-10-20-36(31)39/h1-24H. The van der Waals surface area contributed by atoms with E-state index in [1.54, 1.807) is 0 Å². The van der Waals surface area contributed by atoms with Crippen molar-refractivity contribution in [2.75, 3.05) is 0 Å². The average molecular weight is 493 g/mol. The van der Waals surface area contributed by atoms with E-state index >= 15 is 0 Å². The Bertz CT molecular complexity index is 2070. The molecule has 0 amide bonds. The Hall–Kier alpha value is -4.94. The molecule has 180 valence electrons. The molecule has 9 rings (SSSR count). The molecule has 39 heavy (non-hydrogen) atoms. The van der Waals surface area contributed by atoms with Crippen LogP contribution in [0.1, 0.15) is 22.3 Å². The van der Waals surface area contributed by atoms with E-state index in [0.29, 0.717) is 0 Å². The summed E-state index contributed by atoms with van der Waals surface area (Å²) in [6.07, 6.45) is 4.88. The van der Waals surface area contributed by atoms with E-state index in [4.69, 9.17) is 0 Å². The van der Waals surface area contributed by atoms with Crippen molar-refractivity contribution >= 4 is 38.4 Å². The monoisotopic (exact) mass is 492 g/mol. The van der Waals surface area contributed by atoms with Gasteiger partial charge in [0.2, 0.25) is 0 Å². The summed E-state index contributed by atoms with van der Waals surface area (Å²) in [6, 6.07) is 49.5. The SMILES string of the molecule is C1=CC2(c3ccccc3-c3ccccc3-c3ccccc32)c2ccc3c4ccccc4c4ccccc4c3c21. The predicted octanol–water partition coefficient (Wildman–Crippen LogP) is 10.2. The number of rotatable bonds is 0. The van der Waals surface area contributed by atoms with E-state index < -0.39 is 0 Å². The first-order valence-electron chi connectivity index (χ1n) is 13.7. The fourth-order valence-corrected chi connectivity index (χ4v) is 7.53. The normalized spacial score (nSPS) is 14.3. The lowest BCUT2D eigenvalue weighted by atomic mass is 9.68. The van der Waals surface area contributed by atoms with E-state index in [1.165, 1.54) is 76.8 Å². The topological polar surface area (TPSA) is 0 Å². The van der Waals surface area contributed by atoms with Crippen molar-refractivity contribution in [2.24, 2.45) is 0 Å². The molecular weight excluding hydrogens is 468 g/mol. The molecular formula is C39H24. The number of hydrogen-bond donors (Lipinski definition) is 0. The van der Waals surface area contributed by atoms with Crippen LogP contribution in [-0.2, 0) is 5.41 Å². The summed E-state index contributed by atoms with van der Waals surface area (Å²) in [7, 11) is 0. The zero-order chi connectivity index (χ0) is 25.6. The van der Waals surface area contributed by atoms with Gasteiger partial charge in [-0.3, -0.25) is 0 Å². The number of benzene rings is 7. The first-order chi connectivity index (χ1) is 19.4. The molecule has 0 atom stereocenters. The summed E-state index contributed by atoms with van der Waals surface area (Å²) in [5.74, 6) is 0. The molecule has 1 spiro atoms. The zero-order valence-electron chi connectivity index (χ0n) is 21.4. The Morgan fingerprint density at radius 1 is 0.333 bits per heavy atom. The number of hydrogen-bond acceptors (Lipinski definition) is 0. The van der Waals surface area contributed by atoms with Crippen LogP contribution in [-0.4, -0.2) is 0 Å². The molecule has 0 unspecified atom stereocenters. The van der Waals surface area contributed by atoms with Crippen molar-refractivity contribution in [2.45, 2.75) is 5.41 Å². The lowest BCUT2D eigenvalue weighted by Crippen LogP contribution is -2.26. The Balaban J connectivity index is 1.48. The van der Waals surface area contributed by atoms with E-state index in [1.807, 2.05) is 0 Å². The molecule has 0 radical (unpaired) electrons. The minimum Gasteiger partial charge on any atom is -0.0645 e. The fourth-order valence-electron chi connectivity index (χ4n) is 7.53. The molecule has 7 aromatic rings. The average Bonchev–Trinajstić information content (AvgIpc) is 3.37. The molecule has 0 aromatic heterocycles. The third-order valence-corrected chi connectivity index (χ3v) is 9.09. The number of fused-ring (bicyclic) bond motifs is 16. The first kappa shape index (κ1) is 21.0. The van der Waals surface area contributed by atoms with Crippen molar-refractivity contribution in [3.05, 3.63) is 162 Å². The summed E-state index contributed by atoms with van der Waals surface area (Å²) < 4.78 is 0. The smallest absolute Gasteiger partial charge is 0.0645 e. The lowest BCUT2D eigenvalue weighted by Gasteiger charge is -2.33. The van der Waals surface area contributed by atoms with Gasteiger partial charge in [0.15, 0.2) is 0 Å². The molecule has 2 aliphatic rings. The van der Waals surface area contributed by atoms with Gasteiger partial charge in [-0.05, 0) is 76.8 Å². The summed E-state index contributed by atoms with van der Waals surface area (Å²) in [5, 5.41) is 7.95. The maximum absolute atomic E-state index is 2.48. The van der Waals surface area contributed by atoms with E-state index in [-0.39, 0.29) is 5.41 Å². The molecule has 7 aromatic carbocycles. The van der Waals surface area contributed by atoms with Crippen molar-refractivity contribution < 1.29 is 0 Å². The molecule has 0 aliphatic heterocycles. The van der Waals surface area contributed by atoms with E-state index in [0.717, 1.165) is 0 Å². The van der Waals surface area contributed by atoms with Crippen LogP contribution in [0.4, 0.5) is 0 Å². The second-order valence-electron chi connectivity index (χ2n) is 10.8. The Kier molecular flexibility index (Phi) is 4.08. The second-order valence-corrected chi connectivity index (χ2v) is 10.8. The predicted molar refractivity (Wildman–Crippen MR) is 165 cm³/mol. The van der Waals surface area contributed by atoms with Crippen molar-refractivity contribution in [1.29, 1.82) is 0 Å². The molecule has 2 aliphatic carbocycles. The Labute approximate surface area is 227 Å². The summed E-state index contributed by atoms with van der Waals surface area (Å²) in [5.41, 5.74) is 10.3. The molecule has 0 fully saturated rings. The van der Waals surface area contributed by atoms with Crippen LogP contribution in [0.15, 0.2) is 140 Å². The van der Waals surface area contributed by atoms with Crippen LogP contribution in [0.5, 0.6) is 0 Å². The minimum atomic E-state index is -0.373. The van der Waals surface area contributed by atoms with Crippen molar-refractivity contribution in [3.63, 3.8) is 0 Å². The summed E-state index contributed by atoms with van der Waals surface area (Å²) >= 11 is 0. The fraction of sp³-hybridized carbons (Fsp3) is 0.0256. The van der Waals surface area contributed by atoms with Gasteiger partial charge < -0.3 is 0 Å². The van der Waals surface area contributed by atoms with Gasteiger partial charge in [0.05, 0.1) is 5.41 Å². The molecule has 0 N–H and O–H groups in total. The van der Waals surface area contributed by atoms with Crippen LogP contribution in [0, 0.1) is 0 Å². The molecule has 0 heteroatoms. The molecule has 0 bridgehead atoms. The summed E-state index contributed by atoms with van der Waals surface area (Å²) in [4.78, 5) is 0. The molecule has 0 saturated carbocycles. The highest BCUT2D eigenvalue weighted by atomic mass is 14.5. The summed E-state index contributed by atoms with van der Waals surface area (Å²) in [6.45, 7) is 0. The Morgan fingerprint density at radius 2 is 0.769 bits per heavy atom. The van der Waals surface area contributed by atoms with E-state index in [2.05, 4.69) is 146 Å². The number of allylic oxidation sites excluding steroid dienone is 1. The lowest BCUT2D eigenvalue weighted by molar-refractivity contribution is 0.803. The van der Waals surface area contributed by atoms with Gasteiger partial charge in [-0.2, -0.15) is 0 Å². The highest BCUT2D eigenvalue weighted by Gasteiger charge is 2.44. The Morgan fingerprint density at radius 3 is 1.36 bits per heavy atom. The van der Waals surface area contributed by atoms with Gasteiger partial charge in [0.1, 0.15) is 0 Å². The highest BCUT2D eigenvalue weighted by Crippen LogP contribution is 2.56. The quantitative estimate of drug-likeness (QED) is 0.185. The highest BCUT2D eigenvalue weighted by molar-refractivity contribution is 6.27. The van der Waals surface area contributed by atoms with Gasteiger partial charge in [-0.25, -0.2) is 0 Å². The third kappa shape index (κ3) is 2.59. The molecule has 0 nitrogen and oxygen atoms in total. The first-order valence-corrected chi connectivity index (χ1v) is 13.7.